The Morgan fingerprint density at radius 3 is 1.16 bits per heavy atom. The summed E-state index contributed by atoms with van der Waals surface area (Å²) in [7, 11) is 0. The minimum atomic E-state index is -0.987. The van der Waals surface area contributed by atoms with Crippen molar-refractivity contribution in [3.05, 3.63) is 246 Å². The molecule has 1 N–H and O–H groups in total. The Morgan fingerprint density at radius 2 is 0.729 bits per heavy atom. The lowest BCUT2D eigenvalue weighted by molar-refractivity contribution is -0.292. The highest BCUT2D eigenvalue weighted by Gasteiger charge is 2.53. The maximum Gasteiger partial charge on any atom is 0.137 e. The van der Waals surface area contributed by atoms with Gasteiger partial charge in [0.1, 0.15) is 48.2 Å². The predicted octanol–water partition coefficient (Wildman–Crippen LogP) is 11.2. The number of hydrogen-bond acceptors (Lipinski definition) is 10. The van der Waals surface area contributed by atoms with E-state index in [2.05, 4.69) is 36.4 Å². The van der Waals surface area contributed by atoms with Gasteiger partial charge in [-0.05, 0) is 45.5 Å². The quantitative estimate of drug-likeness (QED) is 0.0668. The summed E-state index contributed by atoms with van der Waals surface area (Å²) in [5.41, 5.74) is 5.48. The van der Waals surface area contributed by atoms with E-state index in [9.17, 15) is 5.11 Å². The monoisotopic (exact) mass is 958 g/mol. The van der Waals surface area contributed by atoms with Gasteiger partial charge in [-0.15, -0.1) is 0 Å². The van der Waals surface area contributed by atoms with Crippen LogP contribution in [0.4, 0.5) is 0 Å². The SMILES string of the molecule is O[C@H]1C[C@H](O[C@H]2[C@H](OCc3ccccc3)[C@@H](OCc3ccccc3)[C@H](Sc3ccccc3)O[C@@H]2COCc2ccccc2)[C@H](OCc2ccccc2)[C@@H](OCc2ccccc2)[C@@H]1OCc1ccccc1. The van der Waals surface area contributed by atoms with E-state index in [1.807, 2.05) is 176 Å². The van der Waals surface area contributed by atoms with Crippen molar-refractivity contribution in [2.24, 2.45) is 0 Å². The summed E-state index contributed by atoms with van der Waals surface area (Å²) in [6.45, 7) is 1.97. The number of aliphatic hydroxyl groups is 1. The molecule has 362 valence electrons. The van der Waals surface area contributed by atoms with Crippen molar-refractivity contribution in [3.8, 4) is 0 Å². The second-order valence-corrected chi connectivity index (χ2v) is 18.9. The molecule has 2 fully saturated rings. The zero-order chi connectivity index (χ0) is 47.6. The molecule has 0 aromatic heterocycles. The van der Waals surface area contributed by atoms with Crippen LogP contribution in [0.5, 0.6) is 0 Å². The van der Waals surface area contributed by atoms with Crippen LogP contribution in [0, 0.1) is 0 Å². The van der Waals surface area contributed by atoms with Crippen molar-refractivity contribution in [2.45, 2.75) is 111 Å². The molecule has 9 nitrogen and oxygen atoms in total. The Morgan fingerprint density at radius 1 is 0.386 bits per heavy atom. The molecular formula is C60H62O9S. The fourth-order valence-corrected chi connectivity index (χ4v) is 10.2. The van der Waals surface area contributed by atoms with Crippen LogP contribution in [-0.2, 0) is 77.5 Å². The van der Waals surface area contributed by atoms with Crippen LogP contribution in [-0.4, -0.2) is 72.1 Å². The molecule has 1 aliphatic carbocycles. The average Bonchev–Trinajstić information content (AvgIpc) is 3.41. The second kappa shape index (κ2) is 26.1. The van der Waals surface area contributed by atoms with Gasteiger partial charge in [0, 0.05) is 11.3 Å². The molecule has 7 aromatic carbocycles. The third kappa shape index (κ3) is 14.1. The van der Waals surface area contributed by atoms with Crippen molar-refractivity contribution in [3.63, 3.8) is 0 Å². The highest BCUT2D eigenvalue weighted by atomic mass is 32.2. The van der Waals surface area contributed by atoms with E-state index in [1.165, 1.54) is 0 Å². The first-order valence-corrected chi connectivity index (χ1v) is 25.1. The van der Waals surface area contributed by atoms with Crippen molar-refractivity contribution < 1.29 is 43.0 Å². The van der Waals surface area contributed by atoms with Crippen molar-refractivity contribution >= 4 is 11.8 Å². The zero-order valence-electron chi connectivity index (χ0n) is 39.3. The van der Waals surface area contributed by atoms with E-state index in [4.69, 9.17) is 37.9 Å². The Kier molecular flexibility index (Phi) is 18.5. The van der Waals surface area contributed by atoms with Crippen LogP contribution in [0.2, 0.25) is 0 Å². The number of ether oxygens (including phenoxy) is 8. The van der Waals surface area contributed by atoms with E-state index in [-0.39, 0.29) is 39.5 Å². The van der Waals surface area contributed by atoms with Crippen LogP contribution in [0.3, 0.4) is 0 Å². The second-order valence-electron chi connectivity index (χ2n) is 17.7. The fourth-order valence-electron chi connectivity index (χ4n) is 9.03. The van der Waals surface area contributed by atoms with Gasteiger partial charge in [0.25, 0.3) is 0 Å². The molecule has 0 amide bonds. The number of benzene rings is 7. The zero-order valence-corrected chi connectivity index (χ0v) is 40.1. The lowest BCUT2D eigenvalue weighted by Gasteiger charge is -2.50. The van der Waals surface area contributed by atoms with Crippen LogP contribution in [0.1, 0.15) is 39.8 Å². The smallest absolute Gasteiger partial charge is 0.137 e. The van der Waals surface area contributed by atoms with Crippen molar-refractivity contribution in [1.29, 1.82) is 0 Å². The normalized spacial score (nSPS) is 24.5. The maximum atomic E-state index is 12.4. The summed E-state index contributed by atoms with van der Waals surface area (Å²) in [5.74, 6) is 0. The first-order chi connectivity index (χ1) is 34.6. The molecule has 2 aliphatic rings. The predicted molar refractivity (Wildman–Crippen MR) is 271 cm³/mol. The summed E-state index contributed by atoms with van der Waals surface area (Å²) in [6, 6.07) is 70.7. The topological polar surface area (TPSA) is 94.1 Å². The largest absolute Gasteiger partial charge is 0.390 e. The molecule has 1 aliphatic heterocycles. The fraction of sp³-hybridized carbons (Fsp3) is 0.300. The minimum absolute atomic E-state index is 0.182. The molecular weight excluding hydrogens is 897 g/mol. The molecule has 1 heterocycles. The molecule has 1 saturated carbocycles. The van der Waals surface area contributed by atoms with E-state index >= 15 is 0 Å². The first-order valence-electron chi connectivity index (χ1n) is 24.2. The highest BCUT2D eigenvalue weighted by Crippen LogP contribution is 2.41. The van der Waals surface area contributed by atoms with Crippen LogP contribution < -0.4 is 0 Å². The third-order valence-electron chi connectivity index (χ3n) is 12.6. The summed E-state index contributed by atoms with van der Waals surface area (Å²) in [6.07, 6.45) is -6.49. The van der Waals surface area contributed by atoms with Gasteiger partial charge >= 0.3 is 0 Å². The minimum Gasteiger partial charge on any atom is -0.390 e. The Bertz CT molecular complexity index is 2510. The highest BCUT2D eigenvalue weighted by molar-refractivity contribution is 7.99. The number of hydrogen-bond donors (Lipinski definition) is 1. The molecule has 0 unspecified atom stereocenters. The molecule has 70 heavy (non-hydrogen) atoms. The molecule has 0 bridgehead atoms. The van der Waals surface area contributed by atoms with E-state index in [1.54, 1.807) is 11.8 Å². The van der Waals surface area contributed by atoms with Gasteiger partial charge in [0.15, 0.2) is 0 Å². The van der Waals surface area contributed by atoms with Gasteiger partial charge < -0.3 is 43.0 Å². The third-order valence-corrected chi connectivity index (χ3v) is 13.8. The summed E-state index contributed by atoms with van der Waals surface area (Å²) >= 11 is 1.59. The van der Waals surface area contributed by atoms with Gasteiger partial charge in [-0.1, -0.05) is 212 Å². The lowest BCUT2D eigenvalue weighted by Crippen LogP contribution is -2.64. The van der Waals surface area contributed by atoms with Crippen molar-refractivity contribution in [2.75, 3.05) is 6.61 Å². The standard InChI is InChI=1S/C60H62O9S/c61-51-36-52(55(64-39-46-26-12-3-13-27-46)57(65-40-47-28-14-4-15-29-47)54(51)63-38-45-24-10-2-11-25-45)68-56-53(43-62-37-44-22-8-1-9-23-44)69-60(70-50-34-20-7-21-35-50)59(67-42-49-32-18-6-19-33-49)58(56)66-41-48-30-16-5-17-31-48/h1-35,51-61H,36-43H2/t51-,52-,53+,54+,55-,56+,57-,58-,59+,60-/m0/s1. The molecule has 10 atom stereocenters. The summed E-state index contributed by atoms with van der Waals surface area (Å²) in [5, 5.41) is 12.4. The van der Waals surface area contributed by atoms with E-state index < -0.39 is 60.4 Å². The van der Waals surface area contributed by atoms with E-state index in [0.717, 1.165) is 38.3 Å². The molecule has 9 rings (SSSR count). The van der Waals surface area contributed by atoms with Crippen LogP contribution >= 0.6 is 11.8 Å². The van der Waals surface area contributed by atoms with Crippen molar-refractivity contribution in [1.82, 2.24) is 0 Å². The number of thioether (sulfide) groups is 1. The Hall–Kier alpha value is -5.47. The Labute approximate surface area is 416 Å². The van der Waals surface area contributed by atoms with Gasteiger partial charge in [-0.2, -0.15) is 0 Å². The summed E-state index contributed by atoms with van der Waals surface area (Å²) < 4.78 is 56.2. The average molecular weight is 959 g/mol. The van der Waals surface area contributed by atoms with Gasteiger partial charge in [0.05, 0.1) is 58.5 Å². The van der Waals surface area contributed by atoms with Gasteiger partial charge in [0.2, 0.25) is 0 Å². The van der Waals surface area contributed by atoms with Crippen LogP contribution in [0.25, 0.3) is 0 Å². The summed E-state index contributed by atoms with van der Waals surface area (Å²) in [4.78, 5) is 1.02. The Balaban J connectivity index is 1.10. The number of rotatable bonds is 23. The molecule has 10 heteroatoms. The molecule has 7 aromatic rings. The van der Waals surface area contributed by atoms with Crippen LogP contribution in [0.15, 0.2) is 217 Å². The molecule has 1 saturated heterocycles. The van der Waals surface area contributed by atoms with E-state index in [0.29, 0.717) is 13.2 Å². The maximum absolute atomic E-state index is 12.4. The van der Waals surface area contributed by atoms with Gasteiger partial charge in [-0.25, -0.2) is 0 Å². The first kappa shape index (κ1) is 49.5. The molecule has 0 spiro atoms. The molecule has 0 radical (unpaired) electrons. The lowest BCUT2D eigenvalue weighted by atomic mass is 9.85. The van der Waals surface area contributed by atoms with Gasteiger partial charge in [-0.3, -0.25) is 0 Å². The number of aliphatic hydroxyl groups excluding tert-OH is 1.